The van der Waals surface area contributed by atoms with Gasteiger partial charge in [-0.2, -0.15) is 0 Å². The van der Waals surface area contributed by atoms with Gasteiger partial charge in [0.1, 0.15) is 5.75 Å². The summed E-state index contributed by atoms with van der Waals surface area (Å²) in [6.07, 6.45) is 0. The van der Waals surface area contributed by atoms with E-state index in [0.717, 1.165) is 22.8 Å². The molecule has 0 saturated heterocycles. The van der Waals surface area contributed by atoms with Gasteiger partial charge in [0.25, 0.3) is 0 Å². The normalized spacial score (nSPS) is 11.2. The Morgan fingerprint density at radius 3 is 2.23 bits per heavy atom. The molecular formula is C25H29N3O2. The number of aliphatic imine (C=N–C) groups is 1. The Morgan fingerprint density at radius 1 is 0.767 bits per heavy atom. The van der Waals surface area contributed by atoms with Crippen LogP contribution in [0.5, 0.6) is 5.75 Å². The molecule has 5 nitrogen and oxygen atoms in total. The second-order valence-corrected chi connectivity index (χ2v) is 6.89. The summed E-state index contributed by atoms with van der Waals surface area (Å²) in [5.74, 6) is 1.61. The van der Waals surface area contributed by atoms with E-state index in [4.69, 9.17) is 9.47 Å². The smallest absolute Gasteiger partial charge is 0.191 e. The van der Waals surface area contributed by atoms with Gasteiger partial charge in [-0.15, -0.1) is 0 Å². The summed E-state index contributed by atoms with van der Waals surface area (Å²) in [4.78, 5) is 4.31. The molecule has 5 heteroatoms. The number of hydrogen-bond donors (Lipinski definition) is 2. The number of rotatable bonds is 9. The largest absolute Gasteiger partial charge is 0.496 e. The summed E-state index contributed by atoms with van der Waals surface area (Å²) in [7, 11) is 3.45. The van der Waals surface area contributed by atoms with Crippen molar-refractivity contribution in [1.29, 1.82) is 0 Å². The first-order valence-electron chi connectivity index (χ1n) is 10.0. The molecule has 0 amide bonds. The predicted molar refractivity (Wildman–Crippen MR) is 121 cm³/mol. The van der Waals surface area contributed by atoms with E-state index in [1.54, 1.807) is 14.2 Å². The van der Waals surface area contributed by atoms with E-state index in [9.17, 15) is 0 Å². The van der Waals surface area contributed by atoms with Gasteiger partial charge in [0.05, 0.1) is 20.3 Å². The lowest BCUT2D eigenvalue weighted by molar-refractivity contribution is 0.107. The van der Waals surface area contributed by atoms with E-state index in [2.05, 4.69) is 52.0 Å². The number of ether oxygens (including phenoxy) is 2. The van der Waals surface area contributed by atoms with E-state index in [1.807, 2.05) is 42.5 Å². The summed E-state index contributed by atoms with van der Waals surface area (Å²) in [6, 6.07) is 26.6. The summed E-state index contributed by atoms with van der Waals surface area (Å²) in [6.45, 7) is 2.52. The van der Waals surface area contributed by atoms with Crippen LogP contribution >= 0.6 is 0 Å². The van der Waals surface area contributed by atoms with Gasteiger partial charge >= 0.3 is 0 Å². The molecule has 0 aliphatic rings. The van der Waals surface area contributed by atoms with Crippen LogP contribution in [-0.4, -0.2) is 20.1 Å². The second-order valence-electron chi connectivity index (χ2n) is 6.89. The summed E-state index contributed by atoms with van der Waals surface area (Å²) >= 11 is 0. The highest BCUT2D eigenvalue weighted by atomic mass is 16.5. The summed E-state index contributed by atoms with van der Waals surface area (Å²) < 4.78 is 11.3. The maximum atomic E-state index is 5.85. The van der Waals surface area contributed by atoms with Crippen molar-refractivity contribution in [1.82, 2.24) is 10.6 Å². The van der Waals surface area contributed by atoms with Crippen molar-refractivity contribution < 1.29 is 9.47 Å². The lowest BCUT2D eigenvalue weighted by Crippen LogP contribution is -2.36. The highest BCUT2D eigenvalue weighted by Crippen LogP contribution is 2.16. The van der Waals surface area contributed by atoms with E-state index < -0.39 is 0 Å². The van der Waals surface area contributed by atoms with Crippen molar-refractivity contribution in [3.05, 3.63) is 101 Å². The molecule has 0 aliphatic carbocycles. The molecule has 0 spiro atoms. The Labute approximate surface area is 178 Å². The Bertz CT molecular complexity index is 942. The molecule has 2 N–H and O–H groups in total. The molecule has 30 heavy (non-hydrogen) atoms. The summed E-state index contributed by atoms with van der Waals surface area (Å²) in [5, 5.41) is 6.69. The van der Waals surface area contributed by atoms with Crippen LogP contribution in [0.1, 0.15) is 22.3 Å². The monoisotopic (exact) mass is 403 g/mol. The molecule has 3 aromatic rings. The molecule has 3 aromatic carbocycles. The van der Waals surface area contributed by atoms with Crippen LogP contribution < -0.4 is 15.4 Å². The zero-order valence-electron chi connectivity index (χ0n) is 17.6. The molecule has 0 unspecified atom stereocenters. The van der Waals surface area contributed by atoms with Crippen molar-refractivity contribution in [2.45, 2.75) is 26.3 Å². The maximum Gasteiger partial charge on any atom is 0.191 e. The van der Waals surface area contributed by atoms with Crippen molar-refractivity contribution in [2.75, 3.05) is 14.2 Å². The molecule has 0 aliphatic heterocycles. The van der Waals surface area contributed by atoms with Crippen LogP contribution in [0.15, 0.2) is 83.9 Å². The highest BCUT2D eigenvalue weighted by molar-refractivity contribution is 5.79. The lowest BCUT2D eigenvalue weighted by Gasteiger charge is -2.14. The highest BCUT2D eigenvalue weighted by Gasteiger charge is 2.04. The number of hydrogen-bond acceptors (Lipinski definition) is 3. The Balaban J connectivity index is 1.47. The van der Waals surface area contributed by atoms with Gasteiger partial charge in [-0.25, -0.2) is 0 Å². The minimum absolute atomic E-state index is 0.587. The van der Waals surface area contributed by atoms with E-state index in [-0.39, 0.29) is 0 Å². The fourth-order valence-electron chi connectivity index (χ4n) is 3.12. The molecule has 0 atom stereocenters. The lowest BCUT2D eigenvalue weighted by atomic mass is 10.1. The molecule has 0 saturated carbocycles. The van der Waals surface area contributed by atoms with Gasteiger partial charge in [0, 0.05) is 25.7 Å². The number of nitrogens with zero attached hydrogens (tertiary/aromatic N) is 1. The Hall–Kier alpha value is -3.31. The Morgan fingerprint density at radius 2 is 1.43 bits per heavy atom. The van der Waals surface area contributed by atoms with Gasteiger partial charge < -0.3 is 20.1 Å². The average Bonchev–Trinajstić information content (AvgIpc) is 2.80. The second kappa shape index (κ2) is 11.6. The molecule has 0 aromatic heterocycles. The SMILES string of the molecule is CN=C(NCc1cccc(COCc2ccccc2)c1)NCc1ccccc1OC. The van der Waals surface area contributed by atoms with Gasteiger partial charge in [0.15, 0.2) is 5.96 Å². The Kier molecular flexibility index (Phi) is 8.30. The van der Waals surface area contributed by atoms with Crippen molar-refractivity contribution in [3.63, 3.8) is 0 Å². The minimum Gasteiger partial charge on any atom is -0.496 e. The third kappa shape index (κ3) is 6.64. The van der Waals surface area contributed by atoms with Crippen LogP contribution in [-0.2, 0) is 31.0 Å². The van der Waals surface area contributed by atoms with Gasteiger partial charge in [0.2, 0.25) is 0 Å². The standard InChI is InChI=1S/C25H29N3O2/c1-26-25(28-17-23-13-6-7-14-24(23)29-2)27-16-21-11-8-12-22(15-21)19-30-18-20-9-4-3-5-10-20/h3-15H,16-19H2,1-2H3,(H2,26,27,28). The third-order valence-electron chi connectivity index (χ3n) is 4.69. The van der Waals surface area contributed by atoms with Crippen LogP contribution in [0.3, 0.4) is 0 Å². The van der Waals surface area contributed by atoms with E-state index in [1.165, 1.54) is 11.1 Å². The maximum absolute atomic E-state index is 5.85. The van der Waals surface area contributed by atoms with Crippen LogP contribution in [0.25, 0.3) is 0 Å². The number of nitrogens with one attached hydrogen (secondary N) is 2. The first-order valence-corrected chi connectivity index (χ1v) is 10.0. The molecule has 0 radical (unpaired) electrons. The molecule has 3 rings (SSSR count). The molecular weight excluding hydrogens is 374 g/mol. The number of guanidine groups is 1. The first-order chi connectivity index (χ1) is 14.8. The molecule has 156 valence electrons. The van der Waals surface area contributed by atoms with E-state index in [0.29, 0.717) is 26.3 Å². The van der Waals surface area contributed by atoms with Gasteiger partial charge in [-0.05, 0) is 22.8 Å². The van der Waals surface area contributed by atoms with Crippen molar-refractivity contribution in [3.8, 4) is 5.75 Å². The van der Waals surface area contributed by atoms with Crippen LogP contribution in [0.2, 0.25) is 0 Å². The zero-order valence-corrected chi connectivity index (χ0v) is 17.6. The van der Waals surface area contributed by atoms with Crippen LogP contribution in [0, 0.1) is 0 Å². The molecule has 0 fully saturated rings. The number of para-hydroxylation sites is 1. The predicted octanol–water partition coefficient (Wildman–Crippen LogP) is 4.28. The fourth-order valence-corrected chi connectivity index (χ4v) is 3.12. The van der Waals surface area contributed by atoms with Crippen molar-refractivity contribution in [2.24, 2.45) is 4.99 Å². The number of methoxy groups -OCH3 is 1. The van der Waals surface area contributed by atoms with E-state index >= 15 is 0 Å². The minimum atomic E-state index is 0.587. The fraction of sp³-hybridized carbons (Fsp3) is 0.240. The first kappa shape index (κ1) is 21.4. The molecule has 0 bridgehead atoms. The average molecular weight is 404 g/mol. The van der Waals surface area contributed by atoms with Crippen LogP contribution in [0.4, 0.5) is 0 Å². The zero-order chi connectivity index (χ0) is 21.0. The molecule has 0 heterocycles. The van der Waals surface area contributed by atoms with Crippen molar-refractivity contribution >= 4 is 5.96 Å². The topological polar surface area (TPSA) is 54.9 Å². The quantitative estimate of drug-likeness (QED) is 0.414. The summed E-state index contributed by atoms with van der Waals surface area (Å²) in [5.41, 5.74) is 4.60. The van der Waals surface area contributed by atoms with Gasteiger partial charge in [-0.1, -0.05) is 72.8 Å². The van der Waals surface area contributed by atoms with Gasteiger partial charge in [-0.3, -0.25) is 4.99 Å². The number of benzene rings is 3. The third-order valence-corrected chi connectivity index (χ3v) is 4.69.